The lowest BCUT2D eigenvalue weighted by Gasteiger charge is -2.11. The molecule has 0 atom stereocenters. The molecule has 0 fully saturated rings. The number of rotatable bonds is 8. The van der Waals surface area contributed by atoms with Crippen LogP contribution < -0.4 is 10.6 Å². The number of carbonyl (C=O) groups excluding carboxylic acids is 2. The quantitative estimate of drug-likeness (QED) is 0.700. The van der Waals surface area contributed by atoms with Crippen LogP contribution >= 0.6 is 11.8 Å². The van der Waals surface area contributed by atoms with Crippen molar-refractivity contribution in [1.29, 1.82) is 0 Å². The summed E-state index contributed by atoms with van der Waals surface area (Å²) in [4.78, 5) is 23.8. The first-order chi connectivity index (χ1) is 10.7. The summed E-state index contributed by atoms with van der Waals surface area (Å²) in [5.74, 6) is 2.13. The Kier molecular flexibility index (Phi) is 6.26. The van der Waals surface area contributed by atoms with Crippen LogP contribution in [-0.2, 0) is 32.4 Å². The third kappa shape index (κ3) is 4.23. The van der Waals surface area contributed by atoms with Gasteiger partial charge in [-0.25, -0.2) is 4.68 Å². The van der Waals surface area contributed by atoms with Crippen molar-refractivity contribution >= 4 is 29.4 Å². The Morgan fingerprint density at radius 2 is 2.18 bits per heavy atom. The first kappa shape index (κ1) is 16.8. The van der Waals surface area contributed by atoms with Crippen molar-refractivity contribution in [2.45, 2.75) is 37.8 Å². The molecule has 0 bridgehead atoms. The predicted octanol–water partition coefficient (Wildman–Crippen LogP) is 1.13. The van der Waals surface area contributed by atoms with Crippen LogP contribution in [0.2, 0.25) is 0 Å². The monoisotopic (exact) mass is 326 g/mol. The highest BCUT2D eigenvalue weighted by atomic mass is 32.2. The first-order valence-electron chi connectivity index (χ1n) is 7.37. The number of carbonyl (C=O) groups is 2. The van der Waals surface area contributed by atoms with Crippen molar-refractivity contribution in [3.8, 4) is 0 Å². The van der Waals surface area contributed by atoms with Crippen LogP contribution in [-0.4, -0.2) is 41.9 Å². The van der Waals surface area contributed by atoms with Crippen molar-refractivity contribution in [3.05, 3.63) is 11.3 Å². The maximum atomic E-state index is 11.9. The van der Waals surface area contributed by atoms with Gasteiger partial charge in [0.25, 0.3) is 0 Å². The fourth-order valence-electron chi connectivity index (χ4n) is 2.23. The summed E-state index contributed by atoms with van der Waals surface area (Å²) in [6.45, 7) is 2.99. The number of aromatic nitrogens is 2. The van der Waals surface area contributed by atoms with E-state index in [4.69, 9.17) is 4.74 Å². The second-order valence-electron chi connectivity index (χ2n) is 5.07. The molecular formula is C14H22N4O3S. The van der Waals surface area contributed by atoms with Gasteiger partial charge in [-0.05, 0) is 6.42 Å². The van der Waals surface area contributed by atoms with Gasteiger partial charge in [-0.1, -0.05) is 6.92 Å². The number of nitrogens with zero attached hydrogens (tertiary/aromatic N) is 2. The number of nitrogens with one attached hydrogen (secondary N) is 2. The van der Waals surface area contributed by atoms with Crippen molar-refractivity contribution in [3.63, 3.8) is 0 Å². The second kappa shape index (κ2) is 8.19. The highest BCUT2D eigenvalue weighted by Gasteiger charge is 2.24. The first-order valence-corrected chi connectivity index (χ1v) is 8.53. The molecule has 1 aromatic rings. The summed E-state index contributed by atoms with van der Waals surface area (Å²) >= 11 is 1.76. The number of methoxy groups -OCH3 is 1. The maximum Gasteiger partial charge on any atom is 0.241 e. The maximum absolute atomic E-state index is 11.9. The summed E-state index contributed by atoms with van der Waals surface area (Å²) in [6, 6.07) is 0. The molecule has 1 aliphatic heterocycles. The van der Waals surface area contributed by atoms with Crippen LogP contribution in [0.1, 0.15) is 31.0 Å². The molecule has 0 aliphatic carbocycles. The lowest BCUT2D eigenvalue weighted by atomic mass is 10.2. The molecule has 1 aliphatic rings. The van der Waals surface area contributed by atoms with E-state index in [9.17, 15) is 9.59 Å². The number of anilines is 1. The molecule has 2 N–H and O–H groups in total. The molecule has 7 nitrogen and oxygen atoms in total. The van der Waals surface area contributed by atoms with Gasteiger partial charge in [0.15, 0.2) is 0 Å². The Labute approximate surface area is 134 Å². The Balaban J connectivity index is 2.06. The molecule has 0 saturated carbocycles. The van der Waals surface area contributed by atoms with Gasteiger partial charge in [0, 0.05) is 37.1 Å². The average Bonchev–Trinajstić information content (AvgIpc) is 3.03. The van der Waals surface area contributed by atoms with E-state index in [0.29, 0.717) is 25.4 Å². The molecule has 1 aromatic heterocycles. The van der Waals surface area contributed by atoms with E-state index < -0.39 is 0 Å². The highest BCUT2D eigenvalue weighted by Crippen LogP contribution is 2.34. The Morgan fingerprint density at radius 1 is 1.36 bits per heavy atom. The number of thioether (sulfide) groups is 1. The van der Waals surface area contributed by atoms with Crippen LogP contribution in [0, 0.1) is 0 Å². The number of ether oxygens (including phenoxy) is 1. The summed E-state index contributed by atoms with van der Waals surface area (Å²) in [6.07, 6.45) is 1.25. The molecule has 8 heteroatoms. The Bertz CT molecular complexity index is 544. The van der Waals surface area contributed by atoms with E-state index in [1.807, 2.05) is 6.92 Å². The SMILES string of the molecule is CCCC(=O)Nc1c2c(nn1CC(=O)NCCOC)CSC2. The zero-order chi connectivity index (χ0) is 15.9. The van der Waals surface area contributed by atoms with Gasteiger partial charge in [-0.15, -0.1) is 0 Å². The van der Waals surface area contributed by atoms with E-state index in [1.54, 1.807) is 23.6 Å². The second-order valence-corrected chi connectivity index (χ2v) is 6.05. The molecule has 0 unspecified atom stereocenters. The summed E-state index contributed by atoms with van der Waals surface area (Å²) in [7, 11) is 1.59. The van der Waals surface area contributed by atoms with Crippen molar-refractivity contribution in [2.75, 3.05) is 25.6 Å². The average molecular weight is 326 g/mol. The molecule has 2 amide bonds. The van der Waals surface area contributed by atoms with Crippen LogP contribution in [0.15, 0.2) is 0 Å². The fourth-order valence-corrected chi connectivity index (χ4v) is 3.26. The lowest BCUT2D eigenvalue weighted by molar-refractivity contribution is -0.122. The van der Waals surface area contributed by atoms with E-state index in [0.717, 1.165) is 29.2 Å². The Hall–Kier alpha value is -1.54. The van der Waals surface area contributed by atoms with Crippen molar-refractivity contribution < 1.29 is 14.3 Å². The van der Waals surface area contributed by atoms with E-state index in [2.05, 4.69) is 15.7 Å². The lowest BCUT2D eigenvalue weighted by Crippen LogP contribution is -2.31. The van der Waals surface area contributed by atoms with Crippen LogP contribution in [0.4, 0.5) is 5.82 Å². The van der Waals surface area contributed by atoms with Crippen LogP contribution in [0.25, 0.3) is 0 Å². The standard InChI is InChI=1S/C14H22N4O3S/c1-3-4-12(19)16-14-10-8-22-9-11(10)17-18(14)7-13(20)15-5-6-21-2/h3-9H2,1-2H3,(H,15,20)(H,16,19). The smallest absolute Gasteiger partial charge is 0.241 e. The van der Waals surface area contributed by atoms with Crippen molar-refractivity contribution in [1.82, 2.24) is 15.1 Å². The van der Waals surface area contributed by atoms with Gasteiger partial charge in [0.05, 0.1) is 12.3 Å². The minimum Gasteiger partial charge on any atom is -0.383 e. The van der Waals surface area contributed by atoms with Gasteiger partial charge < -0.3 is 15.4 Å². The third-order valence-corrected chi connectivity index (χ3v) is 4.25. The zero-order valence-electron chi connectivity index (χ0n) is 13.0. The van der Waals surface area contributed by atoms with E-state index in [1.165, 1.54) is 0 Å². The molecule has 122 valence electrons. The predicted molar refractivity (Wildman–Crippen MR) is 85.6 cm³/mol. The van der Waals surface area contributed by atoms with Gasteiger partial charge in [0.1, 0.15) is 12.4 Å². The van der Waals surface area contributed by atoms with Crippen LogP contribution in [0.5, 0.6) is 0 Å². The molecular weight excluding hydrogens is 304 g/mol. The highest BCUT2D eigenvalue weighted by molar-refractivity contribution is 7.98. The molecule has 0 aromatic carbocycles. The summed E-state index contributed by atoms with van der Waals surface area (Å²) < 4.78 is 6.50. The topological polar surface area (TPSA) is 85.2 Å². The minimum absolute atomic E-state index is 0.0388. The molecule has 2 rings (SSSR count). The van der Waals surface area contributed by atoms with Gasteiger partial charge in [-0.2, -0.15) is 16.9 Å². The van der Waals surface area contributed by atoms with E-state index in [-0.39, 0.29) is 18.4 Å². The van der Waals surface area contributed by atoms with Crippen LogP contribution in [0.3, 0.4) is 0 Å². The number of hydrogen-bond donors (Lipinski definition) is 2. The summed E-state index contributed by atoms with van der Waals surface area (Å²) in [5.41, 5.74) is 2.00. The molecule has 2 heterocycles. The molecule has 0 saturated heterocycles. The molecule has 0 radical (unpaired) electrons. The largest absolute Gasteiger partial charge is 0.383 e. The number of fused-ring (bicyclic) bond motifs is 1. The van der Waals surface area contributed by atoms with Gasteiger partial charge >= 0.3 is 0 Å². The molecule has 0 spiro atoms. The van der Waals surface area contributed by atoms with Gasteiger partial charge in [0.2, 0.25) is 11.8 Å². The summed E-state index contributed by atoms with van der Waals surface area (Å²) in [5, 5.41) is 10.1. The van der Waals surface area contributed by atoms with Gasteiger partial charge in [-0.3, -0.25) is 9.59 Å². The zero-order valence-corrected chi connectivity index (χ0v) is 13.8. The molecule has 22 heavy (non-hydrogen) atoms. The normalized spacial score (nSPS) is 13.0. The minimum atomic E-state index is -0.142. The third-order valence-electron chi connectivity index (χ3n) is 3.28. The Morgan fingerprint density at radius 3 is 2.91 bits per heavy atom. The fraction of sp³-hybridized carbons (Fsp3) is 0.643. The van der Waals surface area contributed by atoms with Crippen molar-refractivity contribution in [2.24, 2.45) is 0 Å². The number of hydrogen-bond acceptors (Lipinski definition) is 5. The number of amides is 2. The van der Waals surface area contributed by atoms with E-state index >= 15 is 0 Å².